The Labute approximate surface area is 134 Å². The van der Waals surface area contributed by atoms with Crippen LogP contribution in [-0.4, -0.2) is 40.8 Å². The van der Waals surface area contributed by atoms with Crippen molar-refractivity contribution in [1.82, 2.24) is 9.88 Å². The van der Waals surface area contributed by atoms with Crippen LogP contribution in [0.3, 0.4) is 0 Å². The number of ether oxygens (including phenoxy) is 2. The highest BCUT2D eigenvalue weighted by atomic mass is 35.5. The van der Waals surface area contributed by atoms with Gasteiger partial charge in [0.05, 0.1) is 17.6 Å². The highest BCUT2D eigenvalue weighted by Crippen LogP contribution is 2.22. The molecular formula is C14H21ClN2O3S. The summed E-state index contributed by atoms with van der Waals surface area (Å²) in [5.41, 5.74) is -0.449. The lowest BCUT2D eigenvalue weighted by Gasteiger charge is -2.33. The summed E-state index contributed by atoms with van der Waals surface area (Å²) < 4.78 is 11.7. The molecule has 1 aliphatic rings. The van der Waals surface area contributed by atoms with Crippen molar-refractivity contribution in [2.45, 2.75) is 51.9 Å². The van der Waals surface area contributed by atoms with Gasteiger partial charge in [0.25, 0.3) is 0 Å². The summed E-state index contributed by atoms with van der Waals surface area (Å²) in [4.78, 5) is 18.7. The first-order valence-corrected chi connectivity index (χ1v) is 8.23. The van der Waals surface area contributed by atoms with E-state index < -0.39 is 5.60 Å². The molecule has 0 atom stereocenters. The molecule has 0 spiro atoms. The molecular weight excluding hydrogens is 312 g/mol. The molecule has 0 unspecified atom stereocenters. The van der Waals surface area contributed by atoms with Crippen molar-refractivity contribution in [2.75, 3.05) is 13.1 Å². The summed E-state index contributed by atoms with van der Waals surface area (Å²) in [5, 5.41) is 0. The molecule has 0 aliphatic carbocycles. The quantitative estimate of drug-likeness (QED) is 0.846. The van der Waals surface area contributed by atoms with E-state index in [1.165, 1.54) is 11.3 Å². The fraction of sp³-hybridized carbons (Fsp3) is 0.714. The zero-order valence-corrected chi connectivity index (χ0v) is 14.2. The minimum atomic E-state index is -0.449. The molecule has 2 rings (SSSR count). The van der Waals surface area contributed by atoms with Crippen LogP contribution in [0.1, 0.15) is 38.5 Å². The number of thiazole rings is 1. The van der Waals surface area contributed by atoms with E-state index in [1.807, 2.05) is 20.8 Å². The van der Waals surface area contributed by atoms with Gasteiger partial charge in [-0.05, 0) is 33.6 Å². The Hall–Kier alpha value is -0.850. The van der Waals surface area contributed by atoms with Crippen LogP contribution in [0.4, 0.5) is 4.79 Å². The molecule has 1 aliphatic heterocycles. The van der Waals surface area contributed by atoms with Crippen molar-refractivity contribution >= 4 is 29.0 Å². The number of likely N-dealkylation sites (tertiary alicyclic amines) is 1. The highest BCUT2D eigenvalue weighted by molar-refractivity contribution is 7.15. The summed E-state index contributed by atoms with van der Waals surface area (Å²) in [7, 11) is 0. The number of aromatic nitrogens is 1. The van der Waals surface area contributed by atoms with E-state index in [-0.39, 0.29) is 12.2 Å². The van der Waals surface area contributed by atoms with Crippen molar-refractivity contribution in [2.24, 2.45) is 0 Å². The molecule has 1 aromatic heterocycles. The van der Waals surface area contributed by atoms with Crippen LogP contribution in [-0.2, 0) is 16.1 Å². The van der Waals surface area contributed by atoms with E-state index in [2.05, 4.69) is 4.98 Å². The number of halogens is 1. The summed E-state index contributed by atoms with van der Waals surface area (Å²) in [5.74, 6) is 0. The van der Waals surface area contributed by atoms with Crippen LogP contribution >= 0.6 is 22.9 Å². The molecule has 0 aromatic carbocycles. The predicted octanol–water partition coefficient (Wildman–Crippen LogP) is 3.71. The van der Waals surface area contributed by atoms with Gasteiger partial charge in [0.1, 0.15) is 5.60 Å². The first-order valence-electron chi connectivity index (χ1n) is 7.03. The Balaban J connectivity index is 1.72. The van der Waals surface area contributed by atoms with Gasteiger partial charge in [-0.2, -0.15) is 0 Å². The maximum Gasteiger partial charge on any atom is 0.410 e. The van der Waals surface area contributed by atoms with E-state index >= 15 is 0 Å². The summed E-state index contributed by atoms with van der Waals surface area (Å²) >= 11 is 7.22. The van der Waals surface area contributed by atoms with Crippen LogP contribution < -0.4 is 0 Å². The number of hydrogen-bond acceptors (Lipinski definition) is 5. The maximum absolute atomic E-state index is 11.9. The number of hydrogen-bond donors (Lipinski definition) is 0. The summed E-state index contributed by atoms with van der Waals surface area (Å²) in [6.45, 7) is 7.50. The lowest BCUT2D eigenvalue weighted by molar-refractivity contribution is -0.0164. The highest BCUT2D eigenvalue weighted by Gasteiger charge is 2.27. The van der Waals surface area contributed by atoms with Crippen molar-refractivity contribution < 1.29 is 14.3 Å². The molecule has 7 heteroatoms. The third-order valence-electron chi connectivity index (χ3n) is 3.08. The van der Waals surface area contributed by atoms with Gasteiger partial charge in [0.15, 0.2) is 4.47 Å². The standard InChI is InChI=1S/C14H21ClN2O3S/c1-14(2,3)20-13(18)17-6-4-10(5-7-17)19-9-11-8-16-12(15)21-11/h8,10H,4-7,9H2,1-3H3. The maximum atomic E-state index is 11.9. The van der Waals surface area contributed by atoms with Crippen LogP contribution in [0.5, 0.6) is 0 Å². The molecule has 2 heterocycles. The zero-order chi connectivity index (χ0) is 15.5. The molecule has 1 saturated heterocycles. The third-order valence-corrected chi connectivity index (χ3v) is 4.17. The molecule has 118 valence electrons. The molecule has 0 N–H and O–H groups in total. The molecule has 1 fully saturated rings. The topological polar surface area (TPSA) is 51.7 Å². The van der Waals surface area contributed by atoms with Gasteiger partial charge in [0.2, 0.25) is 0 Å². The first-order chi connectivity index (χ1) is 9.83. The van der Waals surface area contributed by atoms with Gasteiger partial charge < -0.3 is 14.4 Å². The monoisotopic (exact) mass is 332 g/mol. The Morgan fingerprint density at radius 3 is 2.67 bits per heavy atom. The van der Waals surface area contributed by atoms with Crippen LogP contribution in [0.25, 0.3) is 0 Å². The number of piperidine rings is 1. The molecule has 0 radical (unpaired) electrons. The van der Waals surface area contributed by atoms with E-state index in [9.17, 15) is 4.79 Å². The van der Waals surface area contributed by atoms with Crippen LogP contribution in [0, 0.1) is 0 Å². The van der Waals surface area contributed by atoms with E-state index in [0.717, 1.165) is 17.7 Å². The number of carbonyl (C=O) groups excluding carboxylic acids is 1. The second-order valence-electron chi connectivity index (χ2n) is 6.06. The Morgan fingerprint density at radius 1 is 1.48 bits per heavy atom. The van der Waals surface area contributed by atoms with Gasteiger partial charge in [-0.15, -0.1) is 11.3 Å². The Kier molecular flexibility index (Phi) is 5.46. The Bertz CT molecular complexity index is 479. The fourth-order valence-electron chi connectivity index (χ4n) is 2.08. The number of nitrogens with zero attached hydrogens (tertiary/aromatic N) is 2. The largest absolute Gasteiger partial charge is 0.444 e. The lowest BCUT2D eigenvalue weighted by Crippen LogP contribution is -2.43. The van der Waals surface area contributed by atoms with E-state index in [1.54, 1.807) is 11.1 Å². The molecule has 5 nitrogen and oxygen atoms in total. The summed E-state index contributed by atoms with van der Waals surface area (Å²) in [6, 6.07) is 0. The van der Waals surface area contributed by atoms with Crippen molar-refractivity contribution in [3.8, 4) is 0 Å². The van der Waals surface area contributed by atoms with Gasteiger partial charge in [-0.25, -0.2) is 9.78 Å². The van der Waals surface area contributed by atoms with Crippen molar-refractivity contribution in [3.63, 3.8) is 0 Å². The molecule has 0 bridgehead atoms. The average Bonchev–Trinajstić information content (AvgIpc) is 2.81. The molecule has 21 heavy (non-hydrogen) atoms. The van der Waals surface area contributed by atoms with E-state index in [0.29, 0.717) is 24.2 Å². The smallest absolute Gasteiger partial charge is 0.410 e. The number of carbonyl (C=O) groups is 1. The third kappa shape index (κ3) is 5.45. The first kappa shape index (κ1) is 16.5. The molecule has 1 aromatic rings. The predicted molar refractivity (Wildman–Crippen MR) is 82.7 cm³/mol. The second kappa shape index (κ2) is 6.94. The fourth-order valence-corrected chi connectivity index (χ4v) is 2.98. The normalized spacial score (nSPS) is 17.0. The van der Waals surface area contributed by atoms with Crippen molar-refractivity contribution in [3.05, 3.63) is 15.5 Å². The second-order valence-corrected chi connectivity index (χ2v) is 7.75. The zero-order valence-electron chi connectivity index (χ0n) is 12.6. The number of rotatable bonds is 3. The summed E-state index contributed by atoms with van der Waals surface area (Å²) in [6.07, 6.45) is 3.32. The Morgan fingerprint density at radius 2 is 2.14 bits per heavy atom. The molecule has 1 amide bonds. The lowest BCUT2D eigenvalue weighted by atomic mass is 10.1. The van der Waals surface area contributed by atoms with Gasteiger partial charge >= 0.3 is 6.09 Å². The van der Waals surface area contributed by atoms with Gasteiger partial charge in [0, 0.05) is 19.3 Å². The number of amides is 1. The van der Waals surface area contributed by atoms with E-state index in [4.69, 9.17) is 21.1 Å². The molecule has 0 saturated carbocycles. The van der Waals surface area contributed by atoms with Crippen LogP contribution in [0.15, 0.2) is 6.20 Å². The van der Waals surface area contributed by atoms with Crippen LogP contribution in [0.2, 0.25) is 4.47 Å². The average molecular weight is 333 g/mol. The minimum absolute atomic E-state index is 0.171. The van der Waals surface area contributed by atoms with Crippen molar-refractivity contribution in [1.29, 1.82) is 0 Å². The van der Waals surface area contributed by atoms with Gasteiger partial charge in [-0.1, -0.05) is 11.6 Å². The minimum Gasteiger partial charge on any atom is -0.444 e. The SMILES string of the molecule is CC(C)(C)OC(=O)N1CCC(OCc2cnc(Cl)s2)CC1. The van der Waals surface area contributed by atoms with Gasteiger partial charge in [-0.3, -0.25) is 0 Å².